The second-order valence-electron chi connectivity index (χ2n) is 5.12. The van der Waals surface area contributed by atoms with E-state index in [4.69, 9.17) is 5.73 Å². The van der Waals surface area contributed by atoms with Gasteiger partial charge in [0.05, 0.1) is 11.8 Å². The molecule has 2 aromatic rings. The van der Waals surface area contributed by atoms with Gasteiger partial charge in [-0.05, 0) is 31.5 Å². The van der Waals surface area contributed by atoms with Crippen LogP contribution in [0.15, 0.2) is 42.7 Å². The number of carbonyl (C=O) groups excluding carboxylic acids is 1. The molecule has 0 bridgehead atoms. The van der Waals surface area contributed by atoms with Gasteiger partial charge in [-0.1, -0.05) is 18.2 Å². The molecule has 0 spiro atoms. The minimum atomic E-state index is -0.242. The number of nitrogen functional groups attached to an aromatic ring is 1. The summed E-state index contributed by atoms with van der Waals surface area (Å²) >= 11 is 0. The van der Waals surface area contributed by atoms with Gasteiger partial charge < -0.3 is 15.7 Å². The van der Waals surface area contributed by atoms with Crippen molar-refractivity contribution in [3.63, 3.8) is 0 Å². The van der Waals surface area contributed by atoms with Crippen LogP contribution in [-0.4, -0.2) is 26.9 Å². The van der Waals surface area contributed by atoms with E-state index in [1.165, 1.54) is 18.5 Å². The van der Waals surface area contributed by atoms with Gasteiger partial charge in [-0.25, -0.2) is 0 Å². The highest BCUT2D eigenvalue weighted by atomic mass is 16.3. The Bertz CT molecular complexity index is 641. The van der Waals surface area contributed by atoms with Crippen molar-refractivity contribution < 1.29 is 9.90 Å². The Kier molecular flexibility index (Phi) is 4.42. The molecule has 0 radical (unpaired) electrons. The molecule has 0 atom stereocenters. The van der Waals surface area contributed by atoms with Crippen molar-refractivity contribution in [2.45, 2.75) is 26.4 Å². The fraction of sp³-hybridized carbons (Fsp3) is 0.250. The Morgan fingerprint density at radius 2 is 2.05 bits per heavy atom. The van der Waals surface area contributed by atoms with Crippen molar-refractivity contribution >= 4 is 11.6 Å². The molecule has 0 saturated heterocycles. The third kappa shape index (κ3) is 3.31. The van der Waals surface area contributed by atoms with Crippen molar-refractivity contribution in [3.8, 4) is 5.75 Å². The van der Waals surface area contributed by atoms with Crippen molar-refractivity contribution in [2.75, 3.05) is 5.73 Å². The molecule has 0 aliphatic heterocycles. The van der Waals surface area contributed by atoms with Crippen LogP contribution in [0.4, 0.5) is 5.69 Å². The van der Waals surface area contributed by atoms with E-state index in [1.54, 1.807) is 4.90 Å². The second-order valence-corrected chi connectivity index (χ2v) is 5.12. The highest BCUT2D eigenvalue weighted by molar-refractivity contribution is 5.96. The number of rotatable bonds is 4. The van der Waals surface area contributed by atoms with Gasteiger partial charge in [0, 0.05) is 24.5 Å². The van der Waals surface area contributed by atoms with E-state index in [9.17, 15) is 9.90 Å². The SMILES string of the molecule is CC(C)N(Cc1ccccc1N)C(=O)c1ccncc1O. The molecule has 0 saturated carbocycles. The van der Waals surface area contributed by atoms with Gasteiger partial charge in [0.1, 0.15) is 5.75 Å². The number of anilines is 1. The number of nitrogens with two attached hydrogens (primary N) is 1. The number of aromatic hydroxyl groups is 1. The third-order valence-electron chi connectivity index (χ3n) is 3.31. The van der Waals surface area contributed by atoms with Crippen LogP contribution in [0.25, 0.3) is 0 Å². The molecule has 5 nitrogen and oxygen atoms in total. The average molecular weight is 285 g/mol. The lowest BCUT2D eigenvalue weighted by molar-refractivity contribution is 0.0687. The normalized spacial score (nSPS) is 10.6. The van der Waals surface area contributed by atoms with Gasteiger partial charge in [-0.2, -0.15) is 0 Å². The summed E-state index contributed by atoms with van der Waals surface area (Å²) in [5, 5.41) is 9.80. The standard InChI is InChI=1S/C16H19N3O2/c1-11(2)19(10-12-5-3-4-6-14(12)17)16(21)13-7-8-18-9-15(13)20/h3-9,11,20H,10,17H2,1-2H3. The van der Waals surface area contributed by atoms with Crippen LogP contribution in [0.3, 0.4) is 0 Å². The van der Waals surface area contributed by atoms with Gasteiger partial charge in [-0.3, -0.25) is 9.78 Å². The molecule has 2 rings (SSSR count). The first-order valence-electron chi connectivity index (χ1n) is 6.78. The maximum Gasteiger partial charge on any atom is 0.258 e. The number of carbonyl (C=O) groups is 1. The Morgan fingerprint density at radius 3 is 2.67 bits per heavy atom. The fourth-order valence-electron chi connectivity index (χ4n) is 2.07. The molecule has 1 aromatic heterocycles. The zero-order valence-electron chi connectivity index (χ0n) is 12.2. The summed E-state index contributed by atoms with van der Waals surface area (Å²) in [6.07, 6.45) is 2.75. The first-order chi connectivity index (χ1) is 10.0. The molecule has 5 heteroatoms. The number of amides is 1. The lowest BCUT2D eigenvalue weighted by atomic mass is 10.1. The van der Waals surface area contributed by atoms with E-state index < -0.39 is 0 Å². The molecule has 3 N–H and O–H groups in total. The molecule has 0 aliphatic carbocycles. The number of hydrogen-bond acceptors (Lipinski definition) is 4. The van der Waals surface area contributed by atoms with Gasteiger partial charge in [0.2, 0.25) is 0 Å². The molecular formula is C16H19N3O2. The zero-order valence-corrected chi connectivity index (χ0v) is 12.2. The highest BCUT2D eigenvalue weighted by Gasteiger charge is 2.22. The van der Waals surface area contributed by atoms with Crippen LogP contribution in [0, 0.1) is 0 Å². The Hall–Kier alpha value is -2.56. The number of para-hydroxylation sites is 1. The Morgan fingerprint density at radius 1 is 1.33 bits per heavy atom. The second kappa shape index (κ2) is 6.26. The van der Waals surface area contributed by atoms with Crippen LogP contribution >= 0.6 is 0 Å². The average Bonchev–Trinajstić information content (AvgIpc) is 2.46. The monoisotopic (exact) mass is 285 g/mol. The summed E-state index contributed by atoms with van der Waals surface area (Å²) < 4.78 is 0. The van der Waals surface area contributed by atoms with Gasteiger partial charge in [-0.15, -0.1) is 0 Å². The molecular weight excluding hydrogens is 266 g/mol. The number of pyridine rings is 1. The maximum atomic E-state index is 12.6. The van der Waals surface area contributed by atoms with Crippen LogP contribution in [0.5, 0.6) is 5.75 Å². The number of benzene rings is 1. The fourth-order valence-corrected chi connectivity index (χ4v) is 2.07. The zero-order chi connectivity index (χ0) is 15.4. The summed E-state index contributed by atoms with van der Waals surface area (Å²) in [5.74, 6) is -0.359. The van der Waals surface area contributed by atoms with E-state index in [1.807, 2.05) is 38.1 Å². The Balaban J connectivity index is 2.30. The largest absolute Gasteiger partial charge is 0.505 e. The van der Waals surface area contributed by atoms with Crippen LogP contribution in [0.2, 0.25) is 0 Å². The number of hydrogen-bond donors (Lipinski definition) is 2. The molecule has 21 heavy (non-hydrogen) atoms. The molecule has 0 fully saturated rings. The van der Waals surface area contributed by atoms with Crippen molar-refractivity contribution in [1.82, 2.24) is 9.88 Å². The minimum Gasteiger partial charge on any atom is -0.505 e. The molecule has 1 amide bonds. The third-order valence-corrected chi connectivity index (χ3v) is 3.31. The van der Waals surface area contributed by atoms with Gasteiger partial charge in [0.15, 0.2) is 0 Å². The van der Waals surface area contributed by atoms with E-state index in [2.05, 4.69) is 4.98 Å². The van der Waals surface area contributed by atoms with Crippen LogP contribution < -0.4 is 5.73 Å². The predicted molar refractivity (Wildman–Crippen MR) is 81.8 cm³/mol. The lowest BCUT2D eigenvalue weighted by Crippen LogP contribution is -2.36. The molecule has 0 aliphatic rings. The predicted octanol–water partition coefficient (Wildman–Crippen LogP) is 2.42. The van der Waals surface area contributed by atoms with Crippen LogP contribution in [-0.2, 0) is 6.54 Å². The highest BCUT2D eigenvalue weighted by Crippen LogP contribution is 2.21. The smallest absolute Gasteiger partial charge is 0.258 e. The van der Waals surface area contributed by atoms with Gasteiger partial charge >= 0.3 is 0 Å². The molecule has 1 heterocycles. The van der Waals surface area contributed by atoms with Gasteiger partial charge in [0.25, 0.3) is 5.91 Å². The summed E-state index contributed by atoms with van der Waals surface area (Å²) in [5.41, 5.74) is 7.71. The van der Waals surface area contributed by atoms with E-state index >= 15 is 0 Å². The van der Waals surface area contributed by atoms with Crippen molar-refractivity contribution in [3.05, 3.63) is 53.9 Å². The minimum absolute atomic E-state index is 0.0235. The number of aromatic nitrogens is 1. The summed E-state index contributed by atoms with van der Waals surface area (Å²) in [6, 6.07) is 8.94. The maximum absolute atomic E-state index is 12.6. The molecule has 1 aromatic carbocycles. The van der Waals surface area contributed by atoms with Crippen molar-refractivity contribution in [2.24, 2.45) is 0 Å². The van der Waals surface area contributed by atoms with E-state index in [-0.39, 0.29) is 23.3 Å². The molecule has 110 valence electrons. The van der Waals surface area contributed by atoms with E-state index in [0.29, 0.717) is 12.2 Å². The molecule has 0 unspecified atom stereocenters. The first kappa shape index (κ1) is 14.8. The quantitative estimate of drug-likeness (QED) is 0.845. The van der Waals surface area contributed by atoms with Crippen LogP contribution in [0.1, 0.15) is 29.8 Å². The number of nitrogens with zero attached hydrogens (tertiary/aromatic N) is 2. The van der Waals surface area contributed by atoms with Crippen molar-refractivity contribution in [1.29, 1.82) is 0 Å². The summed E-state index contributed by atoms with van der Waals surface area (Å²) in [7, 11) is 0. The van der Waals surface area contributed by atoms with E-state index in [0.717, 1.165) is 5.56 Å². The topological polar surface area (TPSA) is 79.5 Å². The first-order valence-corrected chi connectivity index (χ1v) is 6.78. The Labute approximate surface area is 124 Å². The lowest BCUT2D eigenvalue weighted by Gasteiger charge is -2.27. The summed E-state index contributed by atoms with van der Waals surface area (Å²) in [6.45, 7) is 4.25. The summed E-state index contributed by atoms with van der Waals surface area (Å²) in [4.78, 5) is 18.1.